The number of rotatable bonds is 10. The molecule has 1 aliphatic carbocycles. The average molecular weight is 459 g/mol. The largest absolute Gasteiger partial charge is 0.353 e. The summed E-state index contributed by atoms with van der Waals surface area (Å²) in [5, 5.41) is 5.94. The Morgan fingerprint density at radius 1 is 1.07 bits per heavy atom. The van der Waals surface area contributed by atoms with Gasteiger partial charge in [-0.2, -0.15) is 0 Å². The molecule has 0 aromatic heterocycles. The maximum absolute atomic E-state index is 12.4. The Hall–Kier alpha value is -1.68. The molecule has 0 bridgehead atoms. The fourth-order valence-electron chi connectivity index (χ4n) is 3.35. The van der Waals surface area contributed by atoms with Crippen molar-refractivity contribution in [2.45, 2.75) is 30.6 Å². The van der Waals surface area contributed by atoms with E-state index >= 15 is 0 Å². The summed E-state index contributed by atoms with van der Waals surface area (Å²) < 4.78 is 27.4. The first-order chi connectivity index (χ1) is 14.2. The first-order valence-electron chi connectivity index (χ1n) is 10.1. The number of carbonyl (C=O) groups excluding carboxylic acids is 2. The summed E-state index contributed by atoms with van der Waals surface area (Å²) in [6.45, 7) is 1.60. The van der Waals surface area contributed by atoms with Crippen molar-refractivity contribution in [3.05, 3.63) is 29.3 Å². The first kappa shape index (κ1) is 24.6. The van der Waals surface area contributed by atoms with Crippen LogP contribution in [0, 0.1) is 11.8 Å². The van der Waals surface area contributed by atoms with Gasteiger partial charge in [-0.05, 0) is 70.0 Å². The molecule has 10 heteroatoms. The molecular formula is C20H31ClN4O4S. The van der Waals surface area contributed by atoms with Crippen molar-refractivity contribution in [1.29, 1.82) is 0 Å². The Labute approximate surface area is 183 Å². The normalized spacial score (nSPS) is 19.5. The van der Waals surface area contributed by atoms with E-state index in [-0.39, 0.29) is 35.1 Å². The molecule has 0 aliphatic heterocycles. The van der Waals surface area contributed by atoms with Crippen LogP contribution < -0.4 is 15.4 Å². The van der Waals surface area contributed by atoms with Crippen LogP contribution in [0.3, 0.4) is 0 Å². The molecule has 0 saturated heterocycles. The average Bonchev–Trinajstić information content (AvgIpc) is 2.71. The number of hydrogen-bond donors (Lipinski definition) is 3. The number of carbonyl (C=O) groups is 2. The van der Waals surface area contributed by atoms with Gasteiger partial charge in [0.15, 0.2) is 0 Å². The molecule has 8 nitrogen and oxygen atoms in total. The predicted octanol–water partition coefficient (Wildman–Crippen LogP) is 1.22. The molecule has 1 aromatic rings. The lowest BCUT2D eigenvalue weighted by Crippen LogP contribution is -2.42. The number of sulfonamides is 1. The number of nitrogens with zero attached hydrogens (tertiary/aromatic N) is 1. The highest BCUT2D eigenvalue weighted by Gasteiger charge is 2.27. The molecule has 0 heterocycles. The minimum absolute atomic E-state index is 0.0208. The van der Waals surface area contributed by atoms with Gasteiger partial charge in [0.25, 0.3) is 0 Å². The van der Waals surface area contributed by atoms with E-state index in [4.69, 9.17) is 11.6 Å². The zero-order valence-corrected chi connectivity index (χ0v) is 19.1. The number of amides is 2. The minimum atomic E-state index is -3.57. The molecule has 1 saturated carbocycles. The summed E-state index contributed by atoms with van der Waals surface area (Å²) in [5.41, 5.74) is 0. The van der Waals surface area contributed by atoms with E-state index in [1.54, 1.807) is 12.1 Å². The lowest BCUT2D eigenvalue weighted by molar-refractivity contribution is -0.129. The van der Waals surface area contributed by atoms with Crippen LogP contribution in [0.15, 0.2) is 29.2 Å². The highest BCUT2D eigenvalue weighted by atomic mass is 35.5. The minimum Gasteiger partial charge on any atom is -0.353 e. The van der Waals surface area contributed by atoms with Crippen molar-refractivity contribution in [3.63, 3.8) is 0 Å². The van der Waals surface area contributed by atoms with Crippen LogP contribution in [-0.4, -0.2) is 65.4 Å². The smallest absolute Gasteiger partial charge is 0.240 e. The number of nitrogens with one attached hydrogen (secondary N) is 3. The van der Waals surface area contributed by atoms with E-state index < -0.39 is 10.0 Å². The lowest BCUT2D eigenvalue weighted by Gasteiger charge is -2.27. The second-order valence-corrected chi connectivity index (χ2v) is 10.1. The molecule has 1 aliphatic rings. The fourth-order valence-corrected chi connectivity index (χ4v) is 4.59. The molecule has 0 unspecified atom stereocenters. The van der Waals surface area contributed by atoms with Gasteiger partial charge >= 0.3 is 0 Å². The predicted molar refractivity (Wildman–Crippen MR) is 117 cm³/mol. The van der Waals surface area contributed by atoms with Crippen molar-refractivity contribution in [2.24, 2.45) is 11.8 Å². The van der Waals surface area contributed by atoms with Crippen LogP contribution in [0.2, 0.25) is 5.02 Å². The van der Waals surface area contributed by atoms with Crippen molar-refractivity contribution < 1.29 is 18.0 Å². The third-order valence-corrected chi connectivity index (χ3v) is 6.90. The van der Waals surface area contributed by atoms with Crippen LogP contribution in [0.25, 0.3) is 0 Å². The number of likely N-dealkylation sites (N-methyl/N-ethyl adjacent to an activating group) is 1. The van der Waals surface area contributed by atoms with Crippen molar-refractivity contribution in [2.75, 3.05) is 40.3 Å². The molecule has 30 heavy (non-hydrogen) atoms. The lowest BCUT2D eigenvalue weighted by atomic mass is 9.81. The molecular weight excluding hydrogens is 428 g/mol. The molecule has 3 N–H and O–H groups in total. The third kappa shape index (κ3) is 8.22. The van der Waals surface area contributed by atoms with E-state index in [9.17, 15) is 18.0 Å². The monoisotopic (exact) mass is 458 g/mol. The zero-order chi connectivity index (χ0) is 22.1. The van der Waals surface area contributed by atoms with Gasteiger partial charge in [0.1, 0.15) is 0 Å². The molecule has 0 radical (unpaired) electrons. The molecule has 1 fully saturated rings. The van der Waals surface area contributed by atoms with E-state index in [1.807, 2.05) is 19.0 Å². The maximum Gasteiger partial charge on any atom is 0.240 e. The quantitative estimate of drug-likeness (QED) is 0.488. The van der Waals surface area contributed by atoms with E-state index in [2.05, 4.69) is 15.4 Å². The number of halogens is 1. The standard InChI is InChI=1S/C20H31ClN4O4S/c1-25(2)12-11-22-19(26)14-23-20(27)16-5-3-15(4-6-16)13-24-30(28,29)18-9-7-17(21)8-10-18/h7-10,15-16,24H,3-6,11-14H2,1-2H3,(H,22,26)(H,23,27). The third-order valence-electron chi connectivity index (χ3n) is 5.21. The Morgan fingerprint density at radius 2 is 1.70 bits per heavy atom. The first-order valence-corrected chi connectivity index (χ1v) is 12.0. The van der Waals surface area contributed by atoms with Gasteiger partial charge in [0.05, 0.1) is 11.4 Å². The van der Waals surface area contributed by atoms with Crippen LogP contribution in [0.4, 0.5) is 0 Å². The molecule has 0 spiro atoms. The SMILES string of the molecule is CN(C)CCNC(=O)CNC(=O)C1CCC(CNS(=O)(=O)c2ccc(Cl)cc2)CC1. The molecule has 0 atom stereocenters. The summed E-state index contributed by atoms with van der Waals surface area (Å²) in [6, 6.07) is 6.04. The summed E-state index contributed by atoms with van der Waals surface area (Å²) in [7, 11) is 0.274. The summed E-state index contributed by atoms with van der Waals surface area (Å²) in [4.78, 5) is 26.2. The molecule has 1 aromatic carbocycles. The van der Waals surface area contributed by atoms with Gasteiger partial charge < -0.3 is 15.5 Å². The van der Waals surface area contributed by atoms with Crippen molar-refractivity contribution in [1.82, 2.24) is 20.3 Å². The summed E-state index contributed by atoms with van der Waals surface area (Å²) in [6.07, 6.45) is 2.88. The second-order valence-electron chi connectivity index (χ2n) is 7.89. The van der Waals surface area contributed by atoms with Crippen LogP contribution in [0.5, 0.6) is 0 Å². The Bertz CT molecular complexity index is 807. The topological polar surface area (TPSA) is 108 Å². The summed E-state index contributed by atoms with van der Waals surface area (Å²) in [5.74, 6) is -0.261. The van der Waals surface area contributed by atoms with E-state index in [1.165, 1.54) is 12.1 Å². The summed E-state index contributed by atoms with van der Waals surface area (Å²) >= 11 is 5.80. The van der Waals surface area contributed by atoms with Crippen LogP contribution >= 0.6 is 11.6 Å². The molecule has 2 amide bonds. The Morgan fingerprint density at radius 3 is 2.30 bits per heavy atom. The van der Waals surface area contributed by atoms with Gasteiger partial charge in [0, 0.05) is 30.6 Å². The van der Waals surface area contributed by atoms with Gasteiger partial charge in [-0.1, -0.05) is 11.6 Å². The van der Waals surface area contributed by atoms with Crippen LogP contribution in [0.1, 0.15) is 25.7 Å². The van der Waals surface area contributed by atoms with E-state index in [0.29, 0.717) is 31.0 Å². The van der Waals surface area contributed by atoms with Gasteiger partial charge in [-0.15, -0.1) is 0 Å². The molecule has 2 rings (SSSR count). The van der Waals surface area contributed by atoms with Gasteiger partial charge in [-0.25, -0.2) is 13.1 Å². The van der Waals surface area contributed by atoms with E-state index in [0.717, 1.165) is 19.4 Å². The fraction of sp³-hybridized carbons (Fsp3) is 0.600. The molecule has 168 valence electrons. The highest BCUT2D eigenvalue weighted by Crippen LogP contribution is 2.28. The van der Waals surface area contributed by atoms with Crippen molar-refractivity contribution >= 4 is 33.4 Å². The number of hydrogen-bond acceptors (Lipinski definition) is 5. The maximum atomic E-state index is 12.4. The zero-order valence-electron chi connectivity index (χ0n) is 17.5. The second kappa shape index (κ2) is 11.6. The van der Waals surface area contributed by atoms with Crippen molar-refractivity contribution in [3.8, 4) is 0 Å². The Balaban J connectivity index is 1.68. The van der Waals surface area contributed by atoms with Gasteiger partial charge in [0.2, 0.25) is 21.8 Å². The van der Waals surface area contributed by atoms with Gasteiger partial charge in [-0.3, -0.25) is 9.59 Å². The Kier molecular flexibility index (Phi) is 9.54. The number of benzene rings is 1. The van der Waals surface area contributed by atoms with Crippen LogP contribution in [-0.2, 0) is 19.6 Å². The highest BCUT2D eigenvalue weighted by molar-refractivity contribution is 7.89.